The normalized spacial score (nSPS) is 10.9. The summed E-state index contributed by atoms with van der Waals surface area (Å²) in [6.07, 6.45) is 3.27. The zero-order valence-electron chi connectivity index (χ0n) is 18.4. The SMILES string of the molecule is O=C(N/N=C\c1cc(-c2ccccc2)n(-c2ccccc2)c1-c1ccccc1)c1ccccn1. The van der Waals surface area contributed by atoms with E-state index < -0.39 is 0 Å². The van der Waals surface area contributed by atoms with Gasteiger partial charge in [0.25, 0.3) is 5.91 Å². The largest absolute Gasteiger partial charge is 0.309 e. The molecule has 5 rings (SSSR count). The van der Waals surface area contributed by atoms with Gasteiger partial charge in [-0.3, -0.25) is 9.78 Å². The van der Waals surface area contributed by atoms with Crippen LogP contribution in [-0.2, 0) is 0 Å². The minimum Gasteiger partial charge on any atom is -0.309 e. The van der Waals surface area contributed by atoms with Crippen molar-refractivity contribution in [3.8, 4) is 28.2 Å². The second-order valence-electron chi connectivity index (χ2n) is 7.65. The van der Waals surface area contributed by atoms with Crippen LogP contribution in [0.2, 0.25) is 0 Å². The summed E-state index contributed by atoms with van der Waals surface area (Å²) >= 11 is 0. The van der Waals surface area contributed by atoms with E-state index in [1.807, 2.05) is 54.6 Å². The molecular weight excluding hydrogens is 420 g/mol. The minimum atomic E-state index is -0.358. The van der Waals surface area contributed by atoms with Crippen molar-refractivity contribution in [3.05, 3.63) is 133 Å². The molecule has 0 bridgehead atoms. The molecule has 1 amide bonds. The number of hydrogen-bond donors (Lipinski definition) is 1. The Bertz CT molecular complexity index is 1410. The molecule has 34 heavy (non-hydrogen) atoms. The number of amides is 1. The molecule has 0 unspecified atom stereocenters. The van der Waals surface area contributed by atoms with Gasteiger partial charge in [0.15, 0.2) is 0 Å². The first-order valence-electron chi connectivity index (χ1n) is 11.0. The van der Waals surface area contributed by atoms with Crippen molar-refractivity contribution in [2.75, 3.05) is 0 Å². The maximum Gasteiger partial charge on any atom is 0.289 e. The minimum absolute atomic E-state index is 0.315. The van der Waals surface area contributed by atoms with Crippen molar-refractivity contribution in [1.29, 1.82) is 0 Å². The number of carbonyl (C=O) groups is 1. The Labute approximate surface area is 198 Å². The molecule has 164 valence electrons. The topological polar surface area (TPSA) is 59.3 Å². The van der Waals surface area contributed by atoms with Gasteiger partial charge in [-0.15, -0.1) is 0 Å². The van der Waals surface area contributed by atoms with Gasteiger partial charge in [0, 0.05) is 17.4 Å². The number of benzene rings is 3. The lowest BCUT2D eigenvalue weighted by molar-refractivity contribution is 0.0950. The van der Waals surface area contributed by atoms with Gasteiger partial charge in [0.2, 0.25) is 0 Å². The van der Waals surface area contributed by atoms with Crippen molar-refractivity contribution in [3.63, 3.8) is 0 Å². The van der Waals surface area contributed by atoms with E-state index in [-0.39, 0.29) is 5.91 Å². The van der Waals surface area contributed by atoms with Crippen LogP contribution in [0.4, 0.5) is 0 Å². The molecule has 5 heteroatoms. The van der Waals surface area contributed by atoms with Crippen LogP contribution in [0.1, 0.15) is 16.1 Å². The van der Waals surface area contributed by atoms with Crippen LogP contribution >= 0.6 is 0 Å². The molecule has 0 aliphatic heterocycles. The van der Waals surface area contributed by atoms with E-state index in [4.69, 9.17) is 0 Å². The van der Waals surface area contributed by atoms with Crippen LogP contribution in [0.5, 0.6) is 0 Å². The number of carbonyl (C=O) groups excluding carboxylic acids is 1. The van der Waals surface area contributed by atoms with Gasteiger partial charge in [-0.1, -0.05) is 84.9 Å². The molecule has 0 saturated heterocycles. The van der Waals surface area contributed by atoms with E-state index in [1.165, 1.54) is 0 Å². The molecule has 1 N–H and O–H groups in total. The Morgan fingerprint density at radius 2 is 1.38 bits per heavy atom. The van der Waals surface area contributed by atoms with Crippen molar-refractivity contribution in [2.45, 2.75) is 0 Å². The molecule has 2 heterocycles. The summed E-state index contributed by atoms with van der Waals surface area (Å²) in [4.78, 5) is 16.5. The first kappa shape index (κ1) is 21.1. The fraction of sp³-hybridized carbons (Fsp3) is 0. The van der Waals surface area contributed by atoms with Gasteiger partial charge < -0.3 is 4.57 Å². The average Bonchev–Trinajstić information content (AvgIpc) is 3.30. The maximum atomic E-state index is 12.4. The van der Waals surface area contributed by atoms with E-state index in [9.17, 15) is 4.79 Å². The zero-order valence-corrected chi connectivity index (χ0v) is 18.4. The predicted molar refractivity (Wildman–Crippen MR) is 136 cm³/mol. The summed E-state index contributed by atoms with van der Waals surface area (Å²) in [5, 5.41) is 4.27. The highest BCUT2D eigenvalue weighted by Gasteiger charge is 2.18. The Morgan fingerprint density at radius 1 is 0.765 bits per heavy atom. The highest BCUT2D eigenvalue weighted by atomic mass is 16.2. The second-order valence-corrected chi connectivity index (χ2v) is 7.65. The standard InChI is InChI=1S/C29H22N4O/c34-29(26-18-10-11-19-30-26)32-31-21-24-20-27(22-12-4-1-5-13-22)33(25-16-8-3-9-17-25)28(24)23-14-6-2-7-15-23/h1-21H,(H,32,34)/b31-21-. The summed E-state index contributed by atoms with van der Waals surface area (Å²) in [5.41, 5.74) is 8.98. The number of rotatable bonds is 6. The van der Waals surface area contributed by atoms with Crippen LogP contribution in [0.25, 0.3) is 28.2 Å². The van der Waals surface area contributed by atoms with Crippen molar-refractivity contribution in [1.82, 2.24) is 15.0 Å². The molecule has 0 saturated carbocycles. The molecule has 5 nitrogen and oxygen atoms in total. The zero-order chi connectivity index (χ0) is 23.2. The molecule has 0 radical (unpaired) electrons. The number of nitrogens with one attached hydrogen (secondary N) is 1. The van der Waals surface area contributed by atoms with Gasteiger partial charge in [0.1, 0.15) is 5.69 Å². The molecule has 0 atom stereocenters. The fourth-order valence-corrected chi connectivity index (χ4v) is 3.90. The number of nitrogens with zero attached hydrogens (tertiary/aromatic N) is 3. The third-order valence-electron chi connectivity index (χ3n) is 5.43. The number of pyridine rings is 1. The van der Waals surface area contributed by atoms with Crippen molar-refractivity contribution in [2.24, 2.45) is 5.10 Å². The van der Waals surface area contributed by atoms with Gasteiger partial charge in [-0.25, -0.2) is 5.43 Å². The van der Waals surface area contributed by atoms with E-state index in [0.29, 0.717) is 5.69 Å². The van der Waals surface area contributed by atoms with Gasteiger partial charge >= 0.3 is 0 Å². The van der Waals surface area contributed by atoms with E-state index in [0.717, 1.165) is 33.8 Å². The molecule has 0 aliphatic rings. The first-order valence-corrected chi connectivity index (χ1v) is 11.0. The quantitative estimate of drug-likeness (QED) is 0.260. The average molecular weight is 443 g/mol. The predicted octanol–water partition coefficient (Wildman–Crippen LogP) is 5.97. The fourth-order valence-electron chi connectivity index (χ4n) is 3.90. The Balaban J connectivity index is 1.64. The lowest BCUT2D eigenvalue weighted by Crippen LogP contribution is -2.18. The number of hydrazone groups is 1. The molecule has 3 aromatic carbocycles. The highest BCUT2D eigenvalue weighted by Crippen LogP contribution is 2.35. The van der Waals surface area contributed by atoms with E-state index in [2.05, 4.69) is 62.5 Å². The Kier molecular flexibility index (Phi) is 6.08. The smallest absolute Gasteiger partial charge is 0.289 e. The summed E-state index contributed by atoms with van der Waals surface area (Å²) in [5.74, 6) is -0.358. The van der Waals surface area contributed by atoms with Crippen molar-refractivity contribution >= 4 is 12.1 Å². The molecule has 2 aromatic heterocycles. The van der Waals surface area contributed by atoms with Gasteiger partial charge in [-0.2, -0.15) is 5.10 Å². The van der Waals surface area contributed by atoms with Crippen molar-refractivity contribution < 1.29 is 4.79 Å². The number of aromatic nitrogens is 2. The summed E-state index contributed by atoms with van der Waals surface area (Å²) < 4.78 is 2.23. The summed E-state index contributed by atoms with van der Waals surface area (Å²) in [6.45, 7) is 0. The van der Waals surface area contributed by atoms with Crippen LogP contribution in [0, 0.1) is 0 Å². The highest BCUT2D eigenvalue weighted by molar-refractivity contribution is 5.96. The Morgan fingerprint density at radius 3 is 2.03 bits per heavy atom. The molecule has 0 fully saturated rings. The van der Waals surface area contributed by atoms with Gasteiger partial charge in [0.05, 0.1) is 17.6 Å². The number of hydrogen-bond acceptors (Lipinski definition) is 3. The van der Waals surface area contributed by atoms with Gasteiger partial charge in [-0.05, 0) is 41.5 Å². The van der Waals surface area contributed by atoms with E-state index >= 15 is 0 Å². The lowest BCUT2D eigenvalue weighted by Gasteiger charge is -2.15. The monoisotopic (exact) mass is 442 g/mol. The van der Waals surface area contributed by atoms with Crippen LogP contribution < -0.4 is 5.43 Å². The first-order chi connectivity index (χ1) is 16.8. The van der Waals surface area contributed by atoms with Crippen LogP contribution in [0.3, 0.4) is 0 Å². The molecule has 5 aromatic rings. The molecule has 0 aliphatic carbocycles. The molecule has 0 spiro atoms. The molecular formula is C29H22N4O. The second kappa shape index (κ2) is 9.79. The van der Waals surface area contributed by atoms with Crippen LogP contribution in [-0.4, -0.2) is 21.7 Å². The third kappa shape index (κ3) is 4.40. The lowest BCUT2D eigenvalue weighted by atomic mass is 10.1. The Hall–Kier alpha value is -4.77. The maximum absolute atomic E-state index is 12.4. The summed E-state index contributed by atoms with van der Waals surface area (Å²) in [6, 6.07) is 38.0. The van der Waals surface area contributed by atoms with Crippen LogP contribution in [0.15, 0.2) is 127 Å². The summed E-state index contributed by atoms with van der Waals surface area (Å²) in [7, 11) is 0. The van der Waals surface area contributed by atoms with E-state index in [1.54, 1.807) is 30.6 Å². The third-order valence-corrected chi connectivity index (χ3v) is 5.43. The number of para-hydroxylation sites is 1.